The minimum atomic E-state index is 1.04. The lowest BCUT2D eigenvalue weighted by Gasteiger charge is -2.01. The predicted molar refractivity (Wildman–Crippen MR) is 88.8 cm³/mol. The molecule has 96 valence electrons. The molecule has 5 rings (SSSR count). The molecule has 0 N–H and O–H groups in total. The first-order valence-corrected chi connectivity index (χ1v) is 8.75. The van der Waals surface area contributed by atoms with Crippen molar-refractivity contribution in [2.75, 3.05) is 0 Å². The third kappa shape index (κ3) is 1.37. The van der Waals surface area contributed by atoms with Crippen molar-refractivity contribution in [2.45, 2.75) is 6.42 Å². The summed E-state index contributed by atoms with van der Waals surface area (Å²) >= 11 is 4.92. The van der Waals surface area contributed by atoms with E-state index in [0.717, 1.165) is 17.5 Å². The van der Waals surface area contributed by atoms with Gasteiger partial charge >= 0.3 is 0 Å². The maximum atomic E-state index is 4.55. The number of rotatable bonds is 1. The Morgan fingerprint density at radius 1 is 1.15 bits per heavy atom. The maximum absolute atomic E-state index is 4.55. The molecule has 0 spiro atoms. The Bertz CT molecular complexity index is 974. The van der Waals surface area contributed by atoms with E-state index in [2.05, 4.69) is 44.5 Å². The molecule has 0 atom stereocenters. The molecular formula is C15H8N2S3. The molecule has 1 aliphatic rings. The van der Waals surface area contributed by atoms with E-state index in [1.54, 1.807) is 11.3 Å². The largest absolute Gasteiger partial charge is 0.172 e. The molecule has 1 aliphatic carbocycles. The minimum Gasteiger partial charge on any atom is -0.172 e. The Kier molecular flexibility index (Phi) is 2.21. The van der Waals surface area contributed by atoms with Crippen molar-refractivity contribution in [3.63, 3.8) is 0 Å². The van der Waals surface area contributed by atoms with Gasteiger partial charge in [0.25, 0.3) is 0 Å². The summed E-state index contributed by atoms with van der Waals surface area (Å²) in [6.45, 7) is 0. The summed E-state index contributed by atoms with van der Waals surface area (Å²) in [5.41, 5.74) is 4.80. The fourth-order valence-corrected chi connectivity index (χ4v) is 5.40. The fourth-order valence-electron chi connectivity index (χ4n) is 2.80. The summed E-state index contributed by atoms with van der Waals surface area (Å²) in [6.07, 6.45) is 5.52. The van der Waals surface area contributed by atoms with Crippen LogP contribution in [0.1, 0.15) is 10.4 Å². The highest BCUT2D eigenvalue weighted by molar-refractivity contribution is 7.21. The number of aromatic nitrogens is 2. The van der Waals surface area contributed by atoms with Gasteiger partial charge in [-0.1, -0.05) is 12.1 Å². The Morgan fingerprint density at radius 3 is 3.00 bits per heavy atom. The normalized spacial score (nSPS) is 13.6. The molecule has 4 aromatic rings. The lowest BCUT2D eigenvalue weighted by atomic mass is 10.0. The van der Waals surface area contributed by atoms with E-state index < -0.39 is 0 Å². The van der Waals surface area contributed by atoms with E-state index in [0.29, 0.717) is 0 Å². The number of hydrogen-bond donors (Lipinski definition) is 0. The van der Waals surface area contributed by atoms with Gasteiger partial charge in [-0.3, -0.25) is 0 Å². The Morgan fingerprint density at radius 2 is 2.10 bits per heavy atom. The summed E-state index contributed by atoms with van der Waals surface area (Å²) in [5, 5.41) is 3.48. The molecule has 0 radical (unpaired) electrons. The van der Waals surface area contributed by atoms with E-state index >= 15 is 0 Å². The van der Waals surface area contributed by atoms with Crippen molar-refractivity contribution in [2.24, 2.45) is 0 Å². The van der Waals surface area contributed by atoms with Gasteiger partial charge in [0.1, 0.15) is 11.0 Å². The van der Waals surface area contributed by atoms with E-state index in [4.69, 9.17) is 0 Å². The van der Waals surface area contributed by atoms with Crippen LogP contribution < -0.4 is 0 Å². The lowest BCUT2D eigenvalue weighted by Crippen LogP contribution is -1.81. The molecule has 0 saturated heterocycles. The summed E-state index contributed by atoms with van der Waals surface area (Å²) in [4.78, 5) is 2.66. The zero-order chi connectivity index (χ0) is 13.1. The van der Waals surface area contributed by atoms with Crippen molar-refractivity contribution in [3.8, 4) is 10.4 Å². The number of thiophene rings is 2. The van der Waals surface area contributed by atoms with Gasteiger partial charge in [0.15, 0.2) is 0 Å². The molecule has 20 heavy (non-hydrogen) atoms. The average molecular weight is 312 g/mol. The van der Waals surface area contributed by atoms with Crippen LogP contribution >= 0.6 is 34.4 Å². The second-order valence-corrected chi connectivity index (χ2v) is 7.32. The van der Waals surface area contributed by atoms with Crippen LogP contribution in [0.4, 0.5) is 0 Å². The number of fused-ring (bicyclic) bond motifs is 5. The molecule has 0 fully saturated rings. The van der Waals surface area contributed by atoms with Crippen LogP contribution in [-0.2, 0) is 6.42 Å². The van der Waals surface area contributed by atoms with Crippen molar-refractivity contribution in [1.29, 1.82) is 0 Å². The molecule has 3 aromatic heterocycles. The molecule has 0 saturated carbocycles. The first kappa shape index (κ1) is 11.1. The van der Waals surface area contributed by atoms with Crippen LogP contribution in [0.15, 0.2) is 29.7 Å². The minimum absolute atomic E-state index is 1.04. The second kappa shape index (κ2) is 3.97. The highest BCUT2D eigenvalue weighted by atomic mass is 32.1. The van der Waals surface area contributed by atoms with Crippen molar-refractivity contribution in [3.05, 3.63) is 40.1 Å². The Labute approximate surface area is 127 Å². The Hall–Kier alpha value is -1.56. The molecule has 0 unspecified atom stereocenters. The number of allylic oxidation sites excluding steroid dienone is 1. The van der Waals surface area contributed by atoms with E-state index in [9.17, 15) is 0 Å². The maximum Gasteiger partial charge on any atom is 0.123 e. The number of benzene rings is 1. The molecule has 5 heteroatoms. The molecule has 1 aromatic carbocycles. The highest BCUT2D eigenvalue weighted by Gasteiger charge is 2.20. The molecule has 2 nitrogen and oxygen atoms in total. The number of nitrogens with zero attached hydrogens (tertiary/aromatic N) is 2. The number of hydrogen-bond acceptors (Lipinski definition) is 5. The van der Waals surface area contributed by atoms with Crippen molar-refractivity contribution < 1.29 is 0 Å². The van der Waals surface area contributed by atoms with Crippen LogP contribution in [0.25, 0.3) is 37.6 Å². The molecule has 0 bridgehead atoms. The van der Waals surface area contributed by atoms with Gasteiger partial charge in [0, 0.05) is 15.3 Å². The van der Waals surface area contributed by atoms with Gasteiger partial charge in [-0.2, -0.15) is 8.75 Å². The summed E-state index contributed by atoms with van der Waals surface area (Å²) in [7, 11) is 0. The van der Waals surface area contributed by atoms with Crippen LogP contribution in [0.2, 0.25) is 0 Å². The SMILES string of the molecule is C1=Cc2sc3c(cc(-c4cccs4)c4nsnc43)c2C1. The molecular weight excluding hydrogens is 304 g/mol. The topological polar surface area (TPSA) is 25.8 Å². The third-order valence-electron chi connectivity index (χ3n) is 3.70. The van der Waals surface area contributed by atoms with E-state index in [-0.39, 0.29) is 0 Å². The van der Waals surface area contributed by atoms with Gasteiger partial charge in [0.2, 0.25) is 0 Å². The summed E-state index contributed by atoms with van der Waals surface area (Å²) in [6, 6.07) is 6.57. The zero-order valence-corrected chi connectivity index (χ0v) is 12.7. The van der Waals surface area contributed by atoms with Gasteiger partial charge in [-0.15, -0.1) is 22.7 Å². The average Bonchev–Trinajstić information content (AvgIpc) is 3.21. The molecule has 0 aliphatic heterocycles. The fraction of sp³-hybridized carbons (Fsp3) is 0.0667. The van der Waals surface area contributed by atoms with Crippen LogP contribution in [0.3, 0.4) is 0 Å². The highest BCUT2D eigenvalue weighted by Crippen LogP contribution is 2.43. The van der Waals surface area contributed by atoms with Gasteiger partial charge in [-0.05, 0) is 41.0 Å². The predicted octanol–water partition coefficient (Wildman–Crippen LogP) is 5.20. The first-order chi connectivity index (χ1) is 9.92. The van der Waals surface area contributed by atoms with Crippen molar-refractivity contribution in [1.82, 2.24) is 8.75 Å². The lowest BCUT2D eigenvalue weighted by molar-refractivity contribution is 1.37. The third-order valence-corrected chi connectivity index (χ3v) is 6.36. The van der Waals surface area contributed by atoms with Crippen LogP contribution in [0.5, 0.6) is 0 Å². The summed E-state index contributed by atoms with van der Waals surface area (Å²) in [5.74, 6) is 0. The van der Waals surface area contributed by atoms with E-state index in [1.807, 2.05) is 11.3 Å². The standard InChI is InChI=1S/C15H8N2S3/c1-3-8-9-7-10(11-5-2-6-18-11)13-14(17-20-16-13)15(9)19-12(8)4-1/h1-2,4-7H,3H2. The smallest absolute Gasteiger partial charge is 0.123 e. The quantitative estimate of drug-likeness (QED) is 0.482. The van der Waals surface area contributed by atoms with Crippen LogP contribution in [0, 0.1) is 0 Å². The summed E-state index contributed by atoms with van der Waals surface area (Å²) < 4.78 is 10.4. The van der Waals surface area contributed by atoms with E-state index in [1.165, 1.54) is 42.7 Å². The van der Waals surface area contributed by atoms with Gasteiger partial charge in [-0.25, -0.2) is 0 Å². The first-order valence-electron chi connectivity index (χ1n) is 6.33. The molecule has 0 amide bonds. The monoisotopic (exact) mass is 312 g/mol. The van der Waals surface area contributed by atoms with Gasteiger partial charge in [0.05, 0.1) is 16.4 Å². The van der Waals surface area contributed by atoms with Gasteiger partial charge < -0.3 is 0 Å². The second-order valence-electron chi connectivity index (χ2n) is 4.79. The zero-order valence-electron chi connectivity index (χ0n) is 10.3. The Balaban J connectivity index is 1.99. The van der Waals surface area contributed by atoms with Crippen LogP contribution in [-0.4, -0.2) is 8.75 Å². The molecule has 3 heterocycles. The van der Waals surface area contributed by atoms with Crippen molar-refractivity contribution >= 4 is 61.6 Å².